The molecule has 0 aliphatic rings. The van der Waals surface area contributed by atoms with Crippen molar-refractivity contribution in [1.29, 1.82) is 0 Å². The molecule has 0 radical (unpaired) electrons. The van der Waals surface area contributed by atoms with E-state index in [0.29, 0.717) is 22.4 Å². The normalized spacial score (nSPS) is 10.3. The summed E-state index contributed by atoms with van der Waals surface area (Å²) in [6.07, 6.45) is 1.63. The maximum Gasteiger partial charge on any atom is 0.191 e. The summed E-state index contributed by atoms with van der Waals surface area (Å²) in [5, 5.41) is 7.49. The average molecular weight is 345 g/mol. The van der Waals surface area contributed by atoms with Gasteiger partial charge in [0.15, 0.2) is 5.11 Å². The van der Waals surface area contributed by atoms with Crippen molar-refractivity contribution < 1.29 is 14.2 Å². The molecule has 0 spiro atoms. The lowest BCUT2D eigenvalue weighted by Gasteiger charge is -2.10. The van der Waals surface area contributed by atoms with E-state index in [4.69, 9.17) is 26.4 Å². The summed E-state index contributed by atoms with van der Waals surface area (Å²) in [4.78, 5) is 0. The summed E-state index contributed by atoms with van der Waals surface area (Å²) in [6.45, 7) is 0. The van der Waals surface area contributed by atoms with Gasteiger partial charge in [-0.2, -0.15) is 5.10 Å². The summed E-state index contributed by atoms with van der Waals surface area (Å²) in [5.41, 5.74) is 4.34. The van der Waals surface area contributed by atoms with Gasteiger partial charge in [-0.25, -0.2) is 0 Å². The highest BCUT2D eigenvalue weighted by molar-refractivity contribution is 7.80. The monoisotopic (exact) mass is 345 g/mol. The number of nitrogens with zero attached hydrogens (tertiary/aromatic N) is 1. The van der Waals surface area contributed by atoms with Crippen LogP contribution in [-0.4, -0.2) is 32.7 Å². The first-order valence-corrected chi connectivity index (χ1v) is 7.53. The Hall–Kier alpha value is -2.80. The second kappa shape index (κ2) is 8.73. The van der Waals surface area contributed by atoms with Gasteiger partial charge in [0.1, 0.15) is 17.2 Å². The Morgan fingerprint density at radius 2 is 1.67 bits per heavy atom. The number of nitrogens with one attached hydrogen (secondary N) is 2. The SMILES string of the molecule is COc1cc(/C=N\NC(=S)Nc2ccccc2OC)cc(OC)c1. The Morgan fingerprint density at radius 3 is 2.29 bits per heavy atom. The highest BCUT2D eigenvalue weighted by atomic mass is 32.1. The number of anilines is 1. The first-order chi connectivity index (χ1) is 11.7. The van der Waals surface area contributed by atoms with Gasteiger partial charge in [0.2, 0.25) is 0 Å². The average Bonchev–Trinajstić information content (AvgIpc) is 2.61. The minimum absolute atomic E-state index is 0.352. The molecule has 0 aliphatic heterocycles. The first kappa shape index (κ1) is 17.6. The maximum absolute atomic E-state index is 5.25. The summed E-state index contributed by atoms with van der Waals surface area (Å²) >= 11 is 5.22. The van der Waals surface area contributed by atoms with Crippen LogP contribution in [-0.2, 0) is 0 Å². The van der Waals surface area contributed by atoms with Gasteiger partial charge in [0.05, 0.1) is 33.2 Å². The summed E-state index contributed by atoms with van der Waals surface area (Å²) < 4.78 is 15.7. The van der Waals surface area contributed by atoms with Crippen LogP contribution in [0.2, 0.25) is 0 Å². The van der Waals surface area contributed by atoms with Crippen molar-refractivity contribution in [3.8, 4) is 17.2 Å². The number of hydrogen-bond acceptors (Lipinski definition) is 5. The zero-order chi connectivity index (χ0) is 17.4. The summed E-state index contributed by atoms with van der Waals surface area (Å²) in [7, 11) is 4.80. The van der Waals surface area contributed by atoms with E-state index in [9.17, 15) is 0 Å². The molecule has 24 heavy (non-hydrogen) atoms. The number of para-hydroxylation sites is 2. The van der Waals surface area contributed by atoms with Gasteiger partial charge in [0, 0.05) is 11.6 Å². The van der Waals surface area contributed by atoms with Gasteiger partial charge in [-0.3, -0.25) is 5.43 Å². The van der Waals surface area contributed by atoms with Crippen LogP contribution >= 0.6 is 12.2 Å². The van der Waals surface area contributed by atoms with Crippen LogP contribution in [0, 0.1) is 0 Å². The quantitative estimate of drug-likeness (QED) is 0.477. The lowest BCUT2D eigenvalue weighted by Crippen LogP contribution is -2.24. The van der Waals surface area contributed by atoms with Crippen molar-refractivity contribution in [2.75, 3.05) is 26.6 Å². The Morgan fingerprint density at radius 1 is 1.00 bits per heavy atom. The molecule has 2 N–H and O–H groups in total. The Bertz CT molecular complexity index is 713. The van der Waals surface area contributed by atoms with Crippen molar-refractivity contribution in [3.05, 3.63) is 48.0 Å². The van der Waals surface area contributed by atoms with Crippen LogP contribution in [0.1, 0.15) is 5.56 Å². The van der Waals surface area contributed by atoms with E-state index >= 15 is 0 Å². The number of ether oxygens (including phenoxy) is 3. The van der Waals surface area contributed by atoms with Crippen molar-refractivity contribution >= 4 is 29.2 Å². The third-order valence-corrected chi connectivity index (χ3v) is 3.30. The molecule has 0 aliphatic carbocycles. The van der Waals surface area contributed by atoms with E-state index < -0.39 is 0 Å². The highest BCUT2D eigenvalue weighted by Crippen LogP contribution is 2.23. The smallest absolute Gasteiger partial charge is 0.191 e. The largest absolute Gasteiger partial charge is 0.497 e. The van der Waals surface area contributed by atoms with Gasteiger partial charge in [-0.15, -0.1) is 0 Å². The Labute approximate surface area is 146 Å². The van der Waals surface area contributed by atoms with Gasteiger partial charge >= 0.3 is 0 Å². The molecule has 6 nitrogen and oxygen atoms in total. The molecule has 2 rings (SSSR count). The highest BCUT2D eigenvalue weighted by Gasteiger charge is 2.03. The van der Waals surface area contributed by atoms with E-state index in [1.54, 1.807) is 33.6 Å². The van der Waals surface area contributed by atoms with E-state index in [2.05, 4.69) is 15.8 Å². The van der Waals surface area contributed by atoms with Gasteiger partial charge in [-0.05, 0) is 36.5 Å². The molecule has 7 heteroatoms. The lowest BCUT2D eigenvalue weighted by molar-refractivity contribution is 0.394. The van der Waals surface area contributed by atoms with E-state index in [0.717, 1.165) is 11.3 Å². The molecular formula is C17H19N3O3S. The minimum Gasteiger partial charge on any atom is -0.497 e. The predicted molar refractivity (Wildman–Crippen MR) is 99.5 cm³/mol. The first-order valence-electron chi connectivity index (χ1n) is 7.12. The number of rotatable bonds is 6. The van der Waals surface area contributed by atoms with E-state index in [1.165, 1.54) is 0 Å². The number of benzene rings is 2. The van der Waals surface area contributed by atoms with Crippen LogP contribution in [0.4, 0.5) is 5.69 Å². The molecule has 126 valence electrons. The van der Waals surface area contributed by atoms with E-state index in [-0.39, 0.29) is 0 Å². The molecule has 0 atom stereocenters. The molecule has 0 aromatic heterocycles. The third kappa shape index (κ3) is 4.85. The fourth-order valence-corrected chi connectivity index (χ4v) is 2.13. The molecule has 0 bridgehead atoms. The molecule has 0 fully saturated rings. The molecule has 0 heterocycles. The second-order valence-corrected chi connectivity index (χ2v) is 5.08. The topological polar surface area (TPSA) is 64.1 Å². The van der Waals surface area contributed by atoms with E-state index in [1.807, 2.05) is 36.4 Å². The Kier molecular flexibility index (Phi) is 6.39. The number of hydrogen-bond donors (Lipinski definition) is 2. The molecule has 0 saturated carbocycles. The lowest BCUT2D eigenvalue weighted by atomic mass is 10.2. The van der Waals surface area contributed by atoms with Crippen molar-refractivity contribution in [1.82, 2.24) is 5.43 Å². The zero-order valence-electron chi connectivity index (χ0n) is 13.7. The molecule has 0 saturated heterocycles. The maximum atomic E-state index is 5.25. The molecule has 2 aromatic carbocycles. The standard InChI is InChI=1S/C17H19N3O3S/c1-21-13-8-12(9-14(10-13)22-2)11-18-20-17(24)19-15-6-4-5-7-16(15)23-3/h4-11H,1-3H3,(H2,19,20,24)/b18-11-. The van der Waals surface area contributed by atoms with Crippen LogP contribution in [0.15, 0.2) is 47.6 Å². The number of hydrazone groups is 1. The second-order valence-electron chi connectivity index (χ2n) is 4.67. The Balaban J connectivity index is 1.99. The predicted octanol–water partition coefficient (Wildman–Crippen LogP) is 3.03. The number of methoxy groups -OCH3 is 3. The van der Waals surface area contributed by atoms with Crippen molar-refractivity contribution in [2.45, 2.75) is 0 Å². The van der Waals surface area contributed by atoms with Gasteiger partial charge in [0.25, 0.3) is 0 Å². The fourth-order valence-electron chi connectivity index (χ4n) is 1.97. The van der Waals surface area contributed by atoms with Crippen molar-refractivity contribution in [2.24, 2.45) is 5.10 Å². The minimum atomic E-state index is 0.352. The molecule has 0 amide bonds. The zero-order valence-corrected chi connectivity index (χ0v) is 14.5. The summed E-state index contributed by atoms with van der Waals surface area (Å²) in [5.74, 6) is 2.07. The molecule has 0 unspecified atom stereocenters. The van der Waals surface area contributed by atoms with Crippen molar-refractivity contribution in [3.63, 3.8) is 0 Å². The van der Waals surface area contributed by atoms with Crippen LogP contribution in [0.5, 0.6) is 17.2 Å². The van der Waals surface area contributed by atoms with Crippen LogP contribution in [0.25, 0.3) is 0 Å². The van der Waals surface area contributed by atoms with Crippen LogP contribution in [0.3, 0.4) is 0 Å². The molecule has 2 aromatic rings. The van der Waals surface area contributed by atoms with Gasteiger partial charge < -0.3 is 19.5 Å². The van der Waals surface area contributed by atoms with Crippen LogP contribution < -0.4 is 25.0 Å². The summed E-state index contributed by atoms with van der Waals surface area (Å²) in [6, 6.07) is 12.9. The fraction of sp³-hybridized carbons (Fsp3) is 0.176. The number of thiocarbonyl (C=S) groups is 1. The third-order valence-electron chi connectivity index (χ3n) is 3.11. The molecular weight excluding hydrogens is 326 g/mol. The van der Waals surface area contributed by atoms with Gasteiger partial charge in [-0.1, -0.05) is 12.1 Å².